The maximum atomic E-state index is 10.5. The summed E-state index contributed by atoms with van der Waals surface area (Å²) < 4.78 is 10.9. The van der Waals surface area contributed by atoms with Gasteiger partial charge in [-0.15, -0.1) is 0 Å². The van der Waals surface area contributed by atoms with Crippen molar-refractivity contribution in [3.63, 3.8) is 0 Å². The van der Waals surface area contributed by atoms with Crippen LogP contribution in [0.2, 0.25) is 0 Å². The zero-order valence-corrected chi connectivity index (χ0v) is 13.4. The second-order valence-electron chi connectivity index (χ2n) is 5.50. The Kier molecular flexibility index (Phi) is 3.50. The lowest BCUT2D eigenvalue weighted by Gasteiger charge is -2.06. The van der Waals surface area contributed by atoms with Gasteiger partial charge in [0.2, 0.25) is 5.95 Å². The summed E-state index contributed by atoms with van der Waals surface area (Å²) >= 11 is 0. The summed E-state index contributed by atoms with van der Waals surface area (Å²) in [6, 6.07) is 16.4. The minimum Gasteiger partial charge on any atom is -0.504 e. The normalized spacial score (nSPS) is 10.9. The molecule has 2 heterocycles. The fourth-order valence-corrected chi connectivity index (χ4v) is 2.70. The standard InChI is InChI=1S/C19H15N3O3/c1-24-12-8-6-11(7-9-12)14-10-15(22-19(20)21-14)18-17(23)13-4-2-3-5-16(13)25-18/h2-10,23H,1H3,(H2,20,21,22). The fourth-order valence-electron chi connectivity index (χ4n) is 2.70. The molecule has 2 aromatic heterocycles. The number of aromatic nitrogens is 2. The quantitative estimate of drug-likeness (QED) is 0.591. The highest BCUT2D eigenvalue weighted by Crippen LogP contribution is 2.39. The number of nitrogens with two attached hydrogens (primary N) is 1. The Bertz CT molecular complexity index is 1060. The molecule has 0 spiro atoms. The van der Waals surface area contributed by atoms with E-state index in [0.29, 0.717) is 22.4 Å². The minimum atomic E-state index is 0.0365. The maximum absolute atomic E-state index is 10.5. The number of hydrogen-bond acceptors (Lipinski definition) is 6. The van der Waals surface area contributed by atoms with Crippen LogP contribution in [0.1, 0.15) is 0 Å². The molecule has 4 aromatic rings. The highest BCUT2D eigenvalue weighted by atomic mass is 16.5. The third-order valence-electron chi connectivity index (χ3n) is 3.93. The van der Waals surface area contributed by atoms with Gasteiger partial charge in [0.15, 0.2) is 11.5 Å². The van der Waals surface area contributed by atoms with Crippen molar-refractivity contribution in [1.29, 1.82) is 0 Å². The lowest BCUT2D eigenvalue weighted by atomic mass is 10.1. The van der Waals surface area contributed by atoms with E-state index >= 15 is 0 Å². The fraction of sp³-hybridized carbons (Fsp3) is 0.0526. The van der Waals surface area contributed by atoms with Gasteiger partial charge in [0, 0.05) is 5.56 Å². The predicted molar refractivity (Wildman–Crippen MR) is 95.3 cm³/mol. The number of fused-ring (bicyclic) bond motifs is 1. The second-order valence-corrected chi connectivity index (χ2v) is 5.50. The Hall–Kier alpha value is -3.54. The number of nitrogen functional groups attached to an aromatic ring is 1. The predicted octanol–water partition coefficient (Wildman–Crippen LogP) is 3.85. The van der Waals surface area contributed by atoms with Crippen LogP contribution in [0.15, 0.2) is 59.0 Å². The van der Waals surface area contributed by atoms with E-state index in [4.69, 9.17) is 14.9 Å². The molecule has 6 nitrogen and oxygen atoms in total. The molecular formula is C19H15N3O3. The van der Waals surface area contributed by atoms with Gasteiger partial charge in [-0.3, -0.25) is 0 Å². The van der Waals surface area contributed by atoms with Crippen molar-refractivity contribution in [3.05, 3.63) is 54.6 Å². The molecule has 0 fully saturated rings. The monoisotopic (exact) mass is 333 g/mol. The van der Waals surface area contributed by atoms with Crippen LogP contribution in [0.25, 0.3) is 33.7 Å². The Balaban J connectivity index is 1.84. The average molecular weight is 333 g/mol. The van der Waals surface area contributed by atoms with Crippen LogP contribution in [0.5, 0.6) is 11.5 Å². The summed E-state index contributed by atoms with van der Waals surface area (Å²) in [6.07, 6.45) is 0. The van der Waals surface area contributed by atoms with Gasteiger partial charge >= 0.3 is 0 Å². The highest BCUT2D eigenvalue weighted by Gasteiger charge is 2.17. The summed E-state index contributed by atoms with van der Waals surface area (Å²) in [5.74, 6) is 1.16. The lowest BCUT2D eigenvalue weighted by Crippen LogP contribution is -1.98. The Morgan fingerprint density at radius 3 is 2.44 bits per heavy atom. The van der Waals surface area contributed by atoms with Gasteiger partial charge in [-0.1, -0.05) is 12.1 Å². The van der Waals surface area contributed by atoms with Crippen LogP contribution in [-0.4, -0.2) is 22.2 Å². The molecule has 124 valence electrons. The number of ether oxygens (including phenoxy) is 1. The van der Waals surface area contributed by atoms with Gasteiger partial charge in [0.25, 0.3) is 0 Å². The smallest absolute Gasteiger partial charge is 0.221 e. The summed E-state index contributed by atoms with van der Waals surface area (Å²) in [5.41, 5.74) is 8.35. The molecule has 0 saturated carbocycles. The van der Waals surface area contributed by atoms with E-state index in [1.807, 2.05) is 36.4 Å². The van der Waals surface area contributed by atoms with Gasteiger partial charge in [0.1, 0.15) is 17.0 Å². The first-order valence-electron chi connectivity index (χ1n) is 7.65. The van der Waals surface area contributed by atoms with Crippen molar-refractivity contribution in [2.75, 3.05) is 12.8 Å². The van der Waals surface area contributed by atoms with E-state index in [-0.39, 0.29) is 17.5 Å². The largest absolute Gasteiger partial charge is 0.504 e. The SMILES string of the molecule is COc1ccc(-c2cc(-c3oc4ccccc4c3O)nc(N)n2)cc1. The Labute approximate surface area is 143 Å². The third kappa shape index (κ3) is 2.63. The molecule has 4 rings (SSSR count). The molecule has 6 heteroatoms. The molecule has 0 aliphatic carbocycles. The Morgan fingerprint density at radius 2 is 1.72 bits per heavy atom. The highest BCUT2D eigenvalue weighted by molar-refractivity contribution is 5.90. The van der Waals surface area contributed by atoms with E-state index < -0.39 is 0 Å². The molecule has 0 bridgehead atoms. The van der Waals surface area contributed by atoms with E-state index in [0.717, 1.165) is 11.3 Å². The van der Waals surface area contributed by atoms with E-state index in [1.165, 1.54) is 0 Å². The van der Waals surface area contributed by atoms with Crippen molar-refractivity contribution in [2.24, 2.45) is 0 Å². The molecule has 2 aromatic carbocycles. The van der Waals surface area contributed by atoms with Crippen molar-refractivity contribution in [3.8, 4) is 34.2 Å². The van der Waals surface area contributed by atoms with Gasteiger partial charge in [-0.05, 0) is 42.5 Å². The summed E-state index contributed by atoms with van der Waals surface area (Å²) in [7, 11) is 1.61. The average Bonchev–Trinajstić information content (AvgIpc) is 2.98. The summed E-state index contributed by atoms with van der Waals surface area (Å²) in [5, 5.41) is 11.1. The van der Waals surface area contributed by atoms with Crippen LogP contribution < -0.4 is 10.5 Å². The number of benzene rings is 2. The molecule has 0 saturated heterocycles. The van der Waals surface area contributed by atoms with E-state index in [9.17, 15) is 5.11 Å². The first-order valence-corrected chi connectivity index (χ1v) is 7.65. The number of furan rings is 1. The molecular weight excluding hydrogens is 318 g/mol. The van der Waals surface area contributed by atoms with Crippen molar-refractivity contribution in [1.82, 2.24) is 9.97 Å². The summed E-state index contributed by atoms with van der Waals surface area (Å²) in [4.78, 5) is 8.48. The number of rotatable bonds is 3. The molecule has 25 heavy (non-hydrogen) atoms. The maximum Gasteiger partial charge on any atom is 0.221 e. The van der Waals surface area contributed by atoms with Crippen LogP contribution in [-0.2, 0) is 0 Å². The van der Waals surface area contributed by atoms with E-state index in [1.54, 1.807) is 25.3 Å². The van der Waals surface area contributed by atoms with Gasteiger partial charge in [-0.25, -0.2) is 9.97 Å². The Morgan fingerprint density at radius 1 is 1.00 bits per heavy atom. The molecule has 0 atom stereocenters. The van der Waals surface area contributed by atoms with Crippen LogP contribution in [0, 0.1) is 0 Å². The van der Waals surface area contributed by atoms with Crippen LogP contribution >= 0.6 is 0 Å². The van der Waals surface area contributed by atoms with Crippen LogP contribution in [0.4, 0.5) is 5.95 Å². The number of nitrogens with zero attached hydrogens (tertiary/aromatic N) is 2. The molecule has 0 amide bonds. The number of hydrogen-bond donors (Lipinski definition) is 2. The topological polar surface area (TPSA) is 94.4 Å². The third-order valence-corrected chi connectivity index (χ3v) is 3.93. The van der Waals surface area contributed by atoms with Crippen molar-refractivity contribution in [2.45, 2.75) is 0 Å². The first-order chi connectivity index (χ1) is 12.2. The zero-order valence-electron chi connectivity index (χ0n) is 13.4. The first kappa shape index (κ1) is 15.0. The lowest BCUT2D eigenvalue weighted by molar-refractivity contribution is 0.415. The molecule has 0 aliphatic heterocycles. The molecule has 0 radical (unpaired) electrons. The van der Waals surface area contributed by atoms with Gasteiger partial charge in [-0.2, -0.15) is 0 Å². The van der Waals surface area contributed by atoms with Gasteiger partial charge in [0.05, 0.1) is 18.2 Å². The number of para-hydroxylation sites is 1. The molecule has 0 unspecified atom stereocenters. The molecule has 3 N–H and O–H groups in total. The second kappa shape index (κ2) is 5.83. The number of aromatic hydroxyl groups is 1. The van der Waals surface area contributed by atoms with E-state index in [2.05, 4.69) is 9.97 Å². The zero-order chi connectivity index (χ0) is 17.4. The van der Waals surface area contributed by atoms with Crippen molar-refractivity contribution < 1.29 is 14.3 Å². The number of anilines is 1. The minimum absolute atomic E-state index is 0.0365. The molecule has 0 aliphatic rings. The number of methoxy groups -OCH3 is 1. The van der Waals surface area contributed by atoms with Crippen LogP contribution in [0.3, 0.4) is 0 Å². The van der Waals surface area contributed by atoms with Crippen molar-refractivity contribution >= 4 is 16.9 Å². The summed E-state index contributed by atoms with van der Waals surface area (Å²) in [6.45, 7) is 0. The van der Waals surface area contributed by atoms with Gasteiger partial charge < -0.3 is 20.0 Å².